The lowest BCUT2D eigenvalue weighted by Crippen LogP contribution is -2.43. The predicted molar refractivity (Wildman–Crippen MR) is 108 cm³/mol. The van der Waals surface area contributed by atoms with Crippen LogP contribution in [0.2, 0.25) is 5.02 Å². The highest BCUT2D eigenvalue weighted by Crippen LogP contribution is 2.20. The Bertz CT molecular complexity index is 773. The molecule has 146 valence electrons. The maximum atomic E-state index is 6.03. The van der Waals surface area contributed by atoms with Gasteiger partial charge in [0, 0.05) is 36.8 Å². The summed E-state index contributed by atoms with van der Waals surface area (Å²) < 4.78 is 5.36. The molecule has 2 heterocycles. The lowest BCUT2D eigenvalue weighted by molar-refractivity contribution is 0.223. The minimum absolute atomic E-state index is 0.437. The van der Waals surface area contributed by atoms with Crippen LogP contribution in [0, 0.1) is 0 Å². The van der Waals surface area contributed by atoms with E-state index in [2.05, 4.69) is 44.1 Å². The minimum atomic E-state index is 0.437. The van der Waals surface area contributed by atoms with E-state index in [-0.39, 0.29) is 0 Å². The van der Waals surface area contributed by atoms with E-state index >= 15 is 0 Å². The SMILES string of the molecule is CCN(CC)C1CCN(C(=NC)NCc2nc(-c3cccc(Cl)c3)no2)C1. The number of nitrogens with zero attached hydrogens (tertiary/aromatic N) is 5. The molecule has 0 radical (unpaired) electrons. The third-order valence-electron chi connectivity index (χ3n) is 4.95. The summed E-state index contributed by atoms with van der Waals surface area (Å²) in [5.74, 6) is 1.92. The highest BCUT2D eigenvalue weighted by atomic mass is 35.5. The molecule has 1 aromatic carbocycles. The van der Waals surface area contributed by atoms with Gasteiger partial charge in [-0.25, -0.2) is 0 Å². The monoisotopic (exact) mass is 390 g/mol. The molecule has 1 aromatic heterocycles. The van der Waals surface area contributed by atoms with E-state index in [9.17, 15) is 0 Å². The molecule has 2 aromatic rings. The van der Waals surface area contributed by atoms with Crippen LogP contribution in [0.4, 0.5) is 0 Å². The summed E-state index contributed by atoms with van der Waals surface area (Å²) in [7, 11) is 1.80. The quantitative estimate of drug-likeness (QED) is 0.604. The van der Waals surface area contributed by atoms with E-state index in [4.69, 9.17) is 16.1 Å². The largest absolute Gasteiger partial charge is 0.347 e. The number of aromatic nitrogens is 2. The van der Waals surface area contributed by atoms with Crippen molar-refractivity contribution in [3.63, 3.8) is 0 Å². The first-order chi connectivity index (χ1) is 13.1. The molecular weight excluding hydrogens is 364 g/mol. The number of hydrogen-bond donors (Lipinski definition) is 1. The number of aliphatic imine (C=N–C) groups is 1. The van der Waals surface area contributed by atoms with Gasteiger partial charge >= 0.3 is 0 Å². The Morgan fingerprint density at radius 1 is 1.41 bits per heavy atom. The molecule has 1 N–H and O–H groups in total. The molecule has 0 saturated carbocycles. The number of likely N-dealkylation sites (tertiary alicyclic amines) is 1. The zero-order valence-corrected chi connectivity index (χ0v) is 16.9. The average Bonchev–Trinajstić information content (AvgIpc) is 3.34. The predicted octanol–water partition coefficient (Wildman–Crippen LogP) is 2.88. The normalized spacial score (nSPS) is 17.7. The van der Waals surface area contributed by atoms with E-state index in [1.165, 1.54) is 0 Å². The second-order valence-corrected chi connectivity index (χ2v) is 6.97. The molecule has 1 fully saturated rings. The van der Waals surface area contributed by atoms with Crippen LogP contribution in [0.3, 0.4) is 0 Å². The van der Waals surface area contributed by atoms with Crippen LogP contribution in [0.1, 0.15) is 26.2 Å². The summed E-state index contributed by atoms with van der Waals surface area (Å²) in [6, 6.07) is 7.99. The molecular formula is C19H27ClN6O. The Kier molecular flexibility index (Phi) is 6.68. The van der Waals surface area contributed by atoms with E-state index in [1.807, 2.05) is 24.3 Å². The molecule has 1 aliphatic rings. The Balaban J connectivity index is 1.58. The topological polar surface area (TPSA) is 69.8 Å². The van der Waals surface area contributed by atoms with Gasteiger partial charge in [-0.1, -0.05) is 42.7 Å². The Morgan fingerprint density at radius 3 is 2.93 bits per heavy atom. The van der Waals surface area contributed by atoms with Crippen LogP contribution in [-0.2, 0) is 6.54 Å². The fourth-order valence-electron chi connectivity index (χ4n) is 3.53. The molecule has 1 saturated heterocycles. The van der Waals surface area contributed by atoms with Gasteiger partial charge < -0.3 is 14.7 Å². The molecule has 0 amide bonds. The van der Waals surface area contributed by atoms with Gasteiger partial charge in [0.05, 0.1) is 6.54 Å². The summed E-state index contributed by atoms with van der Waals surface area (Å²) in [4.78, 5) is 13.6. The van der Waals surface area contributed by atoms with Crippen LogP contribution in [0.25, 0.3) is 11.4 Å². The van der Waals surface area contributed by atoms with E-state index in [0.29, 0.717) is 29.3 Å². The van der Waals surface area contributed by atoms with Crippen LogP contribution >= 0.6 is 11.6 Å². The van der Waals surface area contributed by atoms with Crippen molar-refractivity contribution < 1.29 is 4.52 Å². The second kappa shape index (κ2) is 9.19. The average molecular weight is 391 g/mol. The first-order valence-corrected chi connectivity index (χ1v) is 9.80. The standard InChI is InChI=1S/C19H27ClN6O/c1-4-25(5-2)16-9-10-26(13-16)19(21-3)22-12-17-23-18(24-27-17)14-7-6-8-15(20)11-14/h6-8,11,16H,4-5,9-10,12-13H2,1-3H3,(H,21,22). The van der Waals surface area contributed by atoms with Gasteiger partial charge in [-0.05, 0) is 31.6 Å². The Labute approximate surface area is 165 Å². The fraction of sp³-hybridized carbons (Fsp3) is 0.526. The third-order valence-corrected chi connectivity index (χ3v) is 5.19. The summed E-state index contributed by atoms with van der Waals surface area (Å²) in [5.41, 5.74) is 0.837. The number of nitrogens with one attached hydrogen (secondary N) is 1. The third kappa shape index (κ3) is 4.78. The molecule has 3 rings (SSSR count). The molecule has 0 aliphatic carbocycles. The maximum Gasteiger partial charge on any atom is 0.246 e. The smallest absolute Gasteiger partial charge is 0.246 e. The lowest BCUT2D eigenvalue weighted by atomic mass is 10.2. The summed E-state index contributed by atoms with van der Waals surface area (Å²) in [6.45, 7) is 9.01. The van der Waals surface area contributed by atoms with Gasteiger partial charge in [0.25, 0.3) is 0 Å². The Morgan fingerprint density at radius 2 is 2.22 bits per heavy atom. The number of guanidine groups is 1. The highest BCUT2D eigenvalue weighted by molar-refractivity contribution is 6.30. The van der Waals surface area contributed by atoms with E-state index < -0.39 is 0 Å². The number of halogens is 1. The maximum absolute atomic E-state index is 6.03. The van der Waals surface area contributed by atoms with E-state index in [1.54, 1.807) is 7.05 Å². The number of rotatable bonds is 6. The minimum Gasteiger partial charge on any atom is -0.347 e. The van der Waals surface area contributed by atoms with Crippen molar-refractivity contribution in [3.05, 3.63) is 35.2 Å². The van der Waals surface area contributed by atoms with Gasteiger partial charge in [0.2, 0.25) is 11.7 Å². The lowest BCUT2D eigenvalue weighted by Gasteiger charge is -2.27. The van der Waals surface area contributed by atoms with Crippen LogP contribution in [-0.4, -0.2) is 65.2 Å². The van der Waals surface area contributed by atoms with E-state index in [0.717, 1.165) is 44.1 Å². The zero-order chi connectivity index (χ0) is 19.2. The molecule has 1 atom stereocenters. The number of hydrogen-bond acceptors (Lipinski definition) is 5. The first-order valence-electron chi connectivity index (χ1n) is 9.42. The van der Waals surface area contributed by atoms with Crippen molar-refractivity contribution in [2.75, 3.05) is 33.2 Å². The van der Waals surface area contributed by atoms with Crippen LogP contribution < -0.4 is 5.32 Å². The van der Waals surface area contributed by atoms with Crippen molar-refractivity contribution in [1.29, 1.82) is 0 Å². The summed E-state index contributed by atoms with van der Waals surface area (Å²) in [5, 5.41) is 8.02. The highest BCUT2D eigenvalue weighted by Gasteiger charge is 2.28. The molecule has 8 heteroatoms. The van der Waals surface area contributed by atoms with Crippen LogP contribution in [0.5, 0.6) is 0 Å². The fourth-order valence-corrected chi connectivity index (χ4v) is 3.72. The van der Waals surface area contributed by atoms with Gasteiger partial charge in [0.1, 0.15) is 0 Å². The van der Waals surface area contributed by atoms with Gasteiger partial charge in [-0.3, -0.25) is 9.89 Å². The second-order valence-electron chi connectivity index (χ2n) is 6.53. The van der Waals surface area contributed by atoms with Gasteiger partial charge in [-0.2, -0.15) is 4.98 Å². The molecule has 1 unspecified atom stereocenters. The summed E-state index contributed by atoms with van der Waals surface area (Å²) >= 11 is 6.03. The molecule has 7 nitrogen and oxygen atoms in total. The number of benzene rings is 1. The molecule has 0 bridgehead atoms. The van der Waals surface area contributed by atoms with Gasteiger partial charge in [0.15, 0.2) is 5.96 Å². The molecule has 0 spiro atoms. The van der Waals surface area contributed by atoms with Crippen molar-refractivity contribution in [3.8, 4) is 11.4 Å². The Hall–Kier alpha value is -2.12. The zero-order valence-electron chi connectivity index (χ0n) is 16.2. The molecule has 1 aliphatic heterocycles. The van der Waals surface area contributed by atoms with Gasteiger partial charge in [-0.15, -0.1) is 0 Å². The van der Waals surface area contributed by atoms with Crippen molar-refractivity contribution in [1.82, 2.24) is 25.3 Å². The van der Waals surface area contributed by atoms with Crippen LogP contribution in [0.15, 0.2) is 33.8 Å². The van der Waals surface area contributed by atoms with Crippen molar-refractivity contribution >= 4 is 17.6 Å². The van der Waals surface area contributed by atoms with Crippen molar-refractivity contribution in [2.45, 2.75) is 32.9 Å². The molecule has 27 heavy (non-hydrogen) atoms. The number of likely N-dealkylation sites (N-methyl/N-ethyl adjacent to an activating group) is 1. The first kappa shape index (κ1) is 19.6. The van der Waals surface area contributed by atoms with Crippen molar-refractivity contribution in [2.24, 2.45) is 4.99 Å². The summed E-state index contributed by atoms with van der Waals surface area (Å²) in [6.07, 6.45) is 1.15.